The lowest BCUT2D eigenvalue weighted by Crippen LogP contribution is -2.36. The molecule has 0 radical (unpaired) electrons. The Hall–Kier alpha value is -1.56. The van der Waals surface area contributed by atoms with E-state index in [1.807, 2.05) is 0 Å². The third-order valence-electron chi connectivity index (χ3n) is 2.83. The molecule has 0 aliphatic carbocycles. The molecule has 6 heteroatoms. The van der Waals surface area contributed by atoms with Gasteiger partial charge in [0.2, 0.25) is 0 Å². The van der Waals surface area contributed by atoms with Gasteiger partial charge in [-0.1, -0.05) is 0 Å². The van der Waals surface area contributed by atoms with Crippen molar-refractivity contribution < 1.29 is 9.90 Å². The quantitative estimate of drug-likeness (QED) is 0.756. The van der Waals surface area contributed by atoms with E-state index in [0.29, 0.717) is 5.75 Å². The summed E-state index contributed by atoms with van der Waals surface area (Å²) in [6.07, 6.45) is 1.93. The second kappa shape index (κ2) is 4.37. The van der Waals surface area contributed by atoms with Crippen LogP contribution >= 0.6 is 0 Å². The molecule has 1 heterocycles. The molecule has 1 aromatic rings. The molecular weight excluding hydrogens is 238 g/mol. The van der Waals surface area contributed by atoms with Crippen molar-refractivity contribution in [1.29, 1.82) is 9.56 Å². The van der Waals surface area contributed by atoms with Gasteiger partial charge in [0.05, 0.1) is 5.56 Å². The molecule has 1 aliphatic heterocycles. The van der Waals surface area contributed by atoms with Crippen LogP contribution in [-0.4, -0.2) is 23.4 Å². The van der Waals surface area contributed by atoms with E-state index in [-0.39, 0.29) is 5.56 Å². The number of carboxylic acid groups (broad SMARTS) is 1. The van der Waals surface area contributed by atoms with E-state index in [1.165, 1.54) is 12.1 Å². The largest absolute Gasteiger partial charge is 0.478 e. The van der Waals surface area contributed by atoms with E-state index in [0.717, 1.165) is 25.1 Å². The molecule has 2 rings (SSSR count). The first-order valence-electron chi connectivity index (χ1n) is 5.42. The van der Waals surface area contributed by atoms with Crippen molar-refractivity contribution >= 4 is 21.5 Å². The Balaban J connectivity index is 2.30. The van der Waals surface area contributed by atoms with Gasteiger partial charge in [-0.25, -0.2) is 4.79 Å². The molecule has 17 heavy (non-hydrogen) atoms. The second-order valence-corrected chi connectivity index (χ2v) is 6.32. The Morgan fingerprint density at radius 3 is 2.41 bits per heavy atom. The van der Waals surface area contributed by atoms with Crippen LogP contribution in [0.5, 0.6) is 0 Å². The van der Waals surface area contributed by atoms with Gasteiger partial charge in [0, 0.05) is 27.8 Å². The van der Waals surface area contributed by atoms with Gasteiger partial charge in [0.25, 0.3) is 0 Å². The van der Waals surface area contributed by atoms with Crippen molar-refractivity contribution in [3.05, 3.63) is 29.8 Å². The first-order chi connectivity index (χ1) is 8.00. The molecule has 0 amide bonds. The SMILES string of the molecule is N=S1(=N)CCCCN1c1ccc(C(=O)O)cc1. The Morgan fingerprint density at radius 2 is 1.88 bits per heavy atom. The number of nitrogens with one attached hydrogen (secondary N) is 2. The van der Waals surface area contributed by atoms with Gasteiger partial charge in [0.15, 0.2) is 0 Å². The number of benzene rings is 1. The number of nitrogens with zero attached hydrogens (tertiary/aromatic N) is 1. The minimum absolute atomic E-state index is 0.237. The highest BCUT2D eigenvalue weighted by molar-refractivity contribution is 7.94. The molecule has 0 atom stereocenters. The fourth-order valence-corrected chi connectivity index (χ4v) is 3.68. The molecule has 1 saturated heterocycles. The van der Waals surface area contributed by atoms with Crippen molar-refractivity contribution in [2.24, 2.45) is 0 Å². The zero-order valence-corrected chi connectivity index (χ0v) is 10.2. The van der Waals surface area contributed by atoms with Crippen molar-refractivity contribution in [2.75, 3.05) is 16.6 Å². The molecule has 0 aromatic heterocycles. The number of aromatic carboxylic acids is 1. The van der Waals surface area contributed by atoms with E-state index in [9.17, 15) is 4.79 Å². The highest BCUT2D eigenvalue weighted by atomic mass is 32.2. The zero-order valence-electron chi connectivity index (χ0n) is 9.35. The summed E-state index contributed by atoms with van der Waals surface area (Å²) in [7, 11) is -2.22. The first-order valence-corrected chi connectivity index (χ1v) is 7.18. The molecular formula is C11H15N3O2S. The fraction of sp³-hybridized carbons (Fsp3) is 0.364. The average Bonchev–Trinajstić information content (AvgIpc) is 2.28. The normalized spacial score (nSPS) is 18.9. The fourth-order valence-electron chi connectivity index (χ4n) is 1.91. The van der Waals surface area contributed by atoms with Gasteiger partial charge >= 0.3 is 5.97 Å². The minimum atomic E-state index is -2.22. The van der Waals surface area contributed by atoms with Crippen LogP contribution in [0, 0.1) is 9.56 Å². The summed E-state index contributed by atoms with van der Waals surface area (Å²) >= 11 is 0. The third-order valence-corrected chi connectivity index (χ3v) is 4.85. The summed E-state index contributed by atoms with van der Waals surface area (Å²) in [6.45, 7) is 0.717. The summed E-state index contributed by atoms with van der Waals surface area (Å²) in [5.41, 5.74) is 1.02. The minimum Gasteiger partial charge on any atom is -0.478 e. The van der Waals surface area contributed by atoms with Gasteiger partial charge in [-0.3, -0.25) is 9.56 Å². The molecule has 1 fully saturated rings. The first kappa shape index (κ1) is 11.9. The molecule has 0 unspecified atom stereocenters. The number of anilines is 1. The van der Waals surface area contributed by atoms with Crippen LogP contribution in [0.3, 0.4) is 0 Å². The maximum Gasteiger partial charge on any atom is 0.335 e. The van der Waals surface area contributed by atoms with Gasteiger partial charge in [0.1, 0.15) is 0 Å². The van der Waals surface area contributed by atoms with Gasteiger partial charge in [-0.15, -0.1) is 0 Å². The van der Waals surface area contributed by atoms with E-state index >= 15 is 0 Å². The zero-order chi connectivity index (χ0) is 12.5. The lowest BCUT2D eigenvalue weighted by atomic mass is 10.2. The van der Waals surface area contributed by atoms with Crippen molar-refractivity contribution in [3.8, 4) is 0 Å². The van der Waals surface area contributed by atoms with Gasteiger partial charge in [-0.2, -0.15) is 0 Å². The van der Waals surface area contributed by atoms with E-state index in [2.05, 4.69) is 0 Å². The summed E-state index contributed by atoms with van der Waals surface area (Å²) in [5, 5.41) is 8.81. The summed E-state index contributed by atoms with van der Waals surface area (Å²) in [5.74, 6) is -0.348. The van der Waals surface area contributed by atoms with Crippen LogP contribution in [-0.2, 0) is 9.81 Å². The monoisotopic (exact) mass is 253 g/mol. The molecule has 0 saturated carbocycles. The maximum atomic E-state index is 10.7. The molecule has 1 aliphatic rings. The van der Waals surface area contributed by atoms with E-state index in [1.54, 1.807) is 16.4 Å². The van der Waals surface area contributed by atoms with Crippen molar-refractivity contribution in [3.63, 3.8) is 0 Å². The van der Waals surface area contributed by atoms with Crippen LogP contribution in [0.15, 0.2) is 24.3 Å². The lowest BCUT2D eigenvalue weighted by Gasteiger charge is -2.33. The van der Waals surface area contributed by atoms with Crippen molar-refractivity contribution in [1.82, 2.24) is 0 Å². The third kappa shape index (κ3) is 2.41. The topological polar surface area (TPSA) is 88.2 Å². The van der Waals surface area contributed by atoms with Crippen LogP contribution in [0.2, 0.25) is 0 Å². The van der Waals surface area contributed by atoms with Crippen LogP contribution < -0.4 is 4.31 Å². The average molecular weight is 253 g/mol. The number of hydrogen-bond donors (Lipinski definition) is 3. The standard InChI is InChI=1S/C11H15N3O2S/c12-17(13)8-2-1-7-14(17)10-5-3-9(4-6-10)11(15)16/h3-6,12-13H,1-2,7-8H2,(H,15,16). The Morgan fingerprint density at radius 1 is 1.24 bits per heavy atom. The van der Waals surface area contributed by atoms with Crippen molar-refractivity contribution in [2.45, 2.75) is 12.8 Å². The van der Waals surface area contributed by atoms with Gasteiger partial charge in [-0.05, 0) is 37.1 Å². The lowest BCUT2D eigenvalue weighted by molar-refractivity contribution is 0.0697. The highest BCUT2D eigenvalue weighted by Gasteiger charge is 2.19. The summed E-state index contributed by atoms with van der Waals surface area (Å²) in [6, 6.07) is 6.45. The highest BCUT2D eigenvalue weighted by Crippen LogP contribution is 2.24. The maximum absolute atomic E-state index is 10.7. The number of hydrogen-bond acceptors (Lipinski definition) is 3. The van der Waals surface area contributed by atoms with Gasteiger partial charge < -0.3 is 9.41 Å². The molecule has 92 valence electrons. The number of carbonyl (C=O) groups is 1. The Kier molecular flexibility index (Phi) is 3.06. The molecule has 0 bridgehead atoms. The molecule has 5 nitrogen and oxygen atoms in total. The summed E-state index contributed by atoms with van der Waals surface area (Å²) in [4.78, 5) is 10.7. The number of carboxylic acids is 1. The Labute approximate surface area is 101 Å². The number of rotatable bonds is 2. The molecule has 0 spiro atoms. The van der Waals surface area contributed by atoms with E-state index in [4.69, 9.17) is 14.7 Å². The predicted octanol–water partition coefficient (Wildman–Crippen LogP) is 2.58. The summed E-state index contributed by atoms with van der Waals surface area (Å²) < 4.78 is 17.8. The van der Waals surface area contributed by atoms with Crippen LogP contribution in [0.25, 0.3) is 0 Å². The Bertz CT molecular complexity index is 522. The molecule has 3 N–H and O–H groups in total. The smallest absolute Gasteiger partial charge is 0.335 e. The predicted molar refractivity (Wildman–Crippen MR) is 67.7 cm³/mol. The van der Waals surface area contributed by atoms with Crippen LogP contribution in [0.1, 0.15) is 23.2 Å². The van der Waals surface area contributed by atoms with E-state index < -0.39 is 15.8 Å². The second-order valence-electron chi connectivity index (χ2n) is 4.07. The molecule has 1 aromatic carbocycles. The van der Waals surface area contributed by atoms with Crippen LogP contribution in [0.4, 0.5) is 5.69 Å².